The number of carbonyl (C=O) groups is 1. The lowest BCUT2D eigenvalue weighted by atomic mass is 10.0. The molecule has 1 N–H and O–H groups in total. The molecule has 7 heteroatoms. The van der Waals surface area contributed by atoms with Crippen molar-refractivity contribution in [2.24, 2.45) is 0 Å². The summed E-state index contributed by atoms with van der Waals surface area (Å²) in [6.45, 7) is 7.23. The second-order valence-corrected chi connectivity index (χ2v) is 7.74. The normalized spacial score (nSPS) is 11.7. The third-order valence-electron chi connectivity index (χ3n) is 3.75. The van der Waals surface area contributed by atoms with Crippen molar-refractivity contribution in [1.82, 2.24) is 9.62 Å². The van der Waals surface area contributed by atoms with Crippen LogP contribution in [-0.4, -0.2) is 52.6 Å². The van der Waals surface area contributed by atoms with Gasteiger partial charge in [0.15, 0.2) is 0 Å². The minimum atomic E-state index is -3.56. The fourth-order valence-electron chi connectivity index (χ4n) is 2.26. The first-order chi connectivity index (χ1) is 11.3. The summed E-state index contributed by atoms with van der Waals surface area (Å²) in [5, 5.41) is 0. The summed E-state index contributed by atoms with van der Waals surface area (Å²) >= 11 is 0. The van der Waals surface area contributed by atoms with Gasteiger partial charge in [0, 0.05) is 40.3 Å². The minimum Gasteiger partial charge on any atom is -0.385 e. The maximum absolute atomic E-state index is 12.3. The van der Waals surface area contributed by atoms with Gasteiger partial charge in [-0.1, -0.05) is 26.0 Å². The van der Waals surface area contributed by atoms with Crippen molar-refractivity contribution in [3.8, 4) is 0 Å². The standard InChI is InChI=1S/C17H28N2O4S/c1-14(2)16-6-8-17(9-7-16)24(21,22)18-10-12-19(15(3)20)11-5-13-23-4/h6-9,14,18H,5,10-13H2,1-4H3. The molecule has 1 aromatic rings. The van der Waals surface area contributed by atoms with Crippen LogP contribution in [0.3, 0.4) is 0 Å². The number of benzene rings is 1. The number of hydrogen-bond donors (Lipinski definition) is 1. The van der Waals surface area contributed by atoms with E-state index in [0.717, 1.165) is 12.0 Å². The lowest BCUT2D eigenvalue weighted by Crippen LogP contribution is -2.38. The number of nitrogens with zero attached hydrogens (tertiary/aromatic N) is 1. The predicted octanol–water partition coefficient (Wildman–Crippen LogP) is 1.97. The summed E-state index contributed by atoms with van der Waals surface area (Å²) in [6, 6.07) is 6.87. The van der Waals surface area contributed by atoms with Gasteiger partial charge in [-0.15, -0.1) is 0 Å². The molecule has 6 nitrogen and oxygen atoms in total. The number of carbonyl (C=O) groups excluding carboxylic acids is 1. The molecule has 0 aromatic heterocycles. The lowest BCUT2D eigenvalue weighted by molar-refractivity contribution is -0.128. The van der Waals surface area contributed by atoms with E-state index in [0.29, 0.717) is 25.6 Å². The number of ether oxygens (including phenoxy) is 1. The molecule has 0 aliphatic rings. The molecule has 136 valence electrons. The van der Waals surface area contributed by atoms with Crippen LogP contribution in [0.25, 0.3) is 0 Å². The van der Waals surface area contributed by atoms with Gasteiger partial charge < -0.3 is 9.64 Å². The van der Waals surface area contributed by atoms with Crippen LogP contribution in [0.15, 0.2) is 29.2 Å². The highest BCUT2D eigenvalue weighted by atomic mass is 32.2. The van der Waals surface area contributed by atoms with E-state index in [4.69, 9.17) is 4.74 Å². The van der Waals surface area contributed by atoms with Gasteiger partial charge in [0.05, 0.1) is 4.90 Å². The number of amides is 1. The van der Waals surface area contributed by atoms with Crippen molar-refractivity contribution < 1.29 is 17.9 Å². The summed E-state index contributed by atoms with van der Waals surface area (Å²) in [4.78, 5) is 13.4. The Morgan fingerprint density at radius 2 is 1.83 bits per heavy atom. The Labute approximate surface area is 145 Å². The van der Waals surface area contributed by atoms with E-state index in [1.54, 1.807) is 24.1 Å². The SMILES string of the molecule is COCCCN(CCNS(=O)(=O)c1ccc(C(C)C)cc1)C(C)=O. The highest BCUT2D eigenvalue weighted by Crippen LogP contribution is 2.17. The van der Waals surface area contributed by atoms with Crippen LogP contribution in [0, 0.1) is 0 Å². The molecular formula is C17H28N2O4S. The third-order valence-corrected chi connectivity index (χ3v) is 5.23. The summed E-state index contributed by atoms with van der Waals surface area (Å²) in [7, 11) is -1.95. The third kappa shape index (κ3) is 6.59. The Hall–Kier alpha value is -1.44. The molecule has 0 atom stereocenters. The molecule has 0 unspecified atom stereocenters. The number of sulfonamides is 1. The van der Waals surface area contributed by atoms with Gasteiger partial charge in [0.1, 0.15) is 0 Å². The number of methoxy groups -OCH3 is 1. The average molecular weight is 356 g/mol. The molecule has 0 bridgehead atoms. The molecule has 0 fully saturated rings. The summed E-state index contributed by atoms with van der Waals surface area (Å²) < 4.78 is 32.1. The fraction of sp³-hybridized carbons (Fsp3) is 0.588. The highest BCUT2D eigenvalue weighted by molar-refractivity contribution is 7.89. The predicted molar refractivity (Wildman–Crippen MR) is 94.5 cm³/mol. The molecule has 1 rings (SSSR count). The van der Waals surface area contributed by atoms with Crippen LogP contribution in [0.2, 0.25) is 0 Å². The first kappa shape index (κ1) is 20.6. The quantitative estimate of drug-likeness (QED) is 0.651. The Balaban J connectivity index is 2.59. The highest BCUT2D eigenvalue weighted by Gasteiger charge is 2.15. The van der Waals surface area contributed by atoms with Crippen molar-refractivity contribution in [3.63, 3.8) is 0 Å². The molecule has 0 radical (unpaired) electrons. The molecule has 1 amide bonds. The molecule has 0 heterocycles. The smallest absolute Gasteiger partial charge is 0.240 e. The summed E-state index contributed by atoms with van der Waals surface area (Å²) in [5.41, 5.74) is 1.09. The van der Waals surface area contributed by atoms with Crippen molar-refractivity contribution in [3.05, 3.63) is 29.8 Å². The number of rotatable bonds is 10. The van der Waals surface area contributed by atoms with E-state index >= 15 is 0 Å². The van der Waals surface area contributed by atoms with E-state index in [9.17, 15) is 13.2 Å². The molecule has 24 heavy (non-hydrogen) atoms. The van der Waals surface area contributed by atoms with Gasteiger partial charge in [-0.2, -0.15) is 0 Å². The molecular weight excluding hydrogens is 328 g/mol. The van der Waals surface area contributed by atoms with E-state index in [1.807, 2.05) is 12.1 Å². The Morgan fingerprint density at radius 3 is 2.33 bits per heavy atom. The number of hydrogen-bond acceptors (Lipinski definition) is 4. The second kappa shape index (κ2) is 9.76. The van der Waals surface area contributed by atoms with Crippen molar-refractivity contribution in [1.29, 1.82) is 0 Å². The fourth-order valence-corrected chi connectivity index (χ4v) is 3.28. The van der Waals surface area contributed by atoms with Crippen LogP contribution < -0.4 is 4.72 Å². The maximum atomic E-state index is 12.3. The zero-order chi connectivity index (χ0) is 18.2. The van der Waals surface area contributed by atoms with Gasteiger partial charge in [0.25, 0.3) is 0 Å². The Bertz CT molecular complexity index is 612. The van der Waals surface area contributed by atoms with Gasteiger partial charge in [-0.3, -0.25) is 4.79 Å². The Morgan fingerprint density at radius 1 is 1.21 bits per heavy atom. The molecule has 0 spiro atoms. The van der Waals surface area contributed by atoms with Crippen LogP contribution in [0.1, 0.15) is 38.7 Å². The van der Waals surface area contributed by atoms with E-state index in [1.165, 1.54) is 6.92 Å². The maximum Gasteiger partial charge on any atom is 0.240 e. The average Bonchev–Trinajstić information content (AvgIpc) is 2.53. The van der Waals surface area contributed by atoms with E-state index < -0.39 is 10.0 Å². The van der Waals surface area contributed by atoms with E-state index in [2.05, 4.69) is 18.6 Å². The largest absolute Gasteiger partial charge is 0.385 e. The molecule has 1 aromatic carbocycles. The minimum absolute atomic E-state index is 0.0772. The van der Waals surface area contributed by atoms with E-state index in [-0.39, 0.29) is 17.3 Å². The second-order valence-electron chi connectivity index (χ2n) is 5.97. The topological polar surface area (TPSA) is 75.7 Å². The van der Waals surface area contributed by atoms with Crippen LogP contribution in [0.5, 0.6) is 0 Å². The zero-order valence-corrected chi connectivity index (χ0v) is 15.7. The van der Waals surface area contributed by atoms with Gasteiger partial charge in [-0.25, -0.2) is 13.1 Å². The van der Waals surface area contributed by atoms with Crippen LogP contribution in [-0.2, 0) is 19.6 Å². The summed E-state index contributed by atoms with van der Waals surface area (Å²) in [6.07, 6.45) is 0.722. The van der Waals surface area contributed by atoms with Crippen LogP contribution in [0.4, 0.5) is 0 Å². The molecule has 0 saturated heterocycles. The van der Waals surface area contributed by atoms with Crippen molar-refractivity contribution >= 4 is 15.9 Å². The van der Waals surface area contributed by atoms with Gasteiger partial charge in [-0.05, 0) is 30.0 Å². The number of nitrogens with one attached hydrogen (secondary N) is 1. The summed E-state index contributed by atoms with van der Waals surface area (Å²) in [5.74, 6) is 0.275. The van der Waals surface area contributed by atoms with Crippen molar-refractivity contribution in [2.75, 3.05) is 33.4 Å². The monoisotopic (exact) mass is 356 g/mol. The van der Waals surface area contributed by atoms with Crippen LogP contribution >= 0.6 is 0 Å². The van der Waals surface area contributed by atoms with Gasteiger partial charge >= 0.3 is 0 Å². The van der Waals surface area contributed by atoms with Gasteiger partial charge in [0.2, 0.25) is 15.9 Å². The first-order valence-corrected chi connectivity index (χ1v) is 9.60. The van der Waals surface area contributed by atoms with Crippen molar-refractivity contribution in [2.45, 2.75) is 38.0 Å². The Kier molecular flexibility index (Phi) is 8.38. The zero-order valence-electron chi connectivity index (χ0n) is 14.9. The molecule has 0 aliphatic heterocycles. The molecule has 0 aliphatic carbocycles. The lowest BCUT2D eigenvalue weighted by Gasteiger charge is -2.21. The molecule has 0 saturated carbocycles. The first-order valence-electron chi connectivity index (χ1n) is 8.12.